The molecule has 1 fully saturated rings. The lowest BCUT2D eigenvalue weighted by atomic mass is 9.93. The van der Waals surface area contributed by atoms with E-state index in [1.54, 1.807) is 0 Å². The predicted molar refractivity (Wildman–Crippen MR) is 95.5 cm³/mol. The Hall–Kier alpha value is -1.95. The molecule has 5 nitrogen and oxygen atoms in total. The number of benzene rings is 1. The van der Waals surface area contributed by atoms with Crippen LogP contribution < -0.4 is 10.2 Å². The number of hydrogen-bond donors (Lipinski definition) is 2. The Labute approximate surface area is 140 Å². The van der Waals surface area contributed by atoms with Crippen LogP contribution in [0.4, 0.5) is 16.2 Å². The summed E-state index contributed by atoms with van der Waals surface area (Å²) in [6.07, 6.45) is 1.74. The van der Waals surface area contributed by atoms with Crippen LogP contribution in [-0.4, -0.2) is 22.6 Å². The molecular formula is C17H21N3O2S. The van der Waals surface area contributed by atoms with Crippen LogP contribution in [0.15, 0.2) is 30.0 Å². The van der Waals surface area contributed by atoms with Crippen molar-refractivity contribution in [2.75, 3.05) is 16.0 Å². The highest BCUT2D eigenvalue weighted by Crippen LogP contribution is 2.43. The van der Waals surface area contributed by atoms with E-state index in [0.29, 0.717) is 16.8 Å². The molecule has 6 heteroatoms. The van der Waals surface area contributed by atoms with Crippen LogP contribution in [0.25, 0.3) is 0 Å². The molecule has 1 atom stereocenters. The molecule has 23 heavy (non-hydrogen) atoms. The van der Waals surface area contributed by atoms with Gasteiger partial charge < -0.3 is 4.74 Å². The van der Waals surface area contributed by atoms with Crippen molar-refractivity contribution < 1.29 is 9.53 Å². The third kappa shape index (κ3) is 3.22. The third-order valence-electron chi connectivity index (χ3n) is 3.70. The van der Waals surface area contributed by atoms with E-state index >= 15 is 0 Å². The van der Waals surface area contributed by atoms with Gasteiger partial charge in [0.05, 0.1) is 5.69 Å². The maximum absolute atomic E-state index is 11.9. The molecule has 1 saturated heterocycles. The first-order valence-corrected chi connectivity index (χ1v) is 8.59. The van der Waals surface area contributed by atoms with Gasteiger partial charge in [0, 0.05) is 23.1 Å². The molecule has 122 valence electrons. The van der Waals surface area contributed by atoms with Gasteiger partial charge in [0.25, 0.3) is 0 Å². The molecule has 2 N–H and O–H groups in total. The van der Waals surface area contributed by atoms with E-state index in [1.807, 2.05) is 43.9 Å². The number of carbonyl (C=O) groups is 1. The Balaban J connectivity index is 1.88. The van der Waals surface area contributed by atoms with Gasteiger partial charge in [-0.15, -0.1) is 0 Å². The fourth-order valence-electron chi connectivity index (χ4n) is 2.79. The van der Waals surface area contributed by atoms with E-state index in [0.717, 1.165) is 22.7 Å². The number of rotatable bonds is 1. The first kappa shape index (κ1) is 15.9. The summed E-state index contributed by atoms with van der Waals surface area (Å²) in [5, 5.41) is 11.4. The Kier molecular flexibility index (Phi) is 3.88. The van der Waals surface area contributed by atoms with E-state index in [-0.39, 0.29) is 0 Å². The monoisotopic (exact) mass is 331 g/mol. The summed E-state index contributed by atoms with van der Waals surface area (Å²) < 4.78 is 5.29. The number of hydrogen-bond acceptors (Lipinski definition) is 4. The highest BCUT2D eigenvalue weighted by Gasteiger charge is 2.32. The van der Waals surface area contributed by atoms with Gasteiger partial charge in [0.15, 0.2) is 5.17 Å². The molecule has 0 aromatic heterocycles. The third-order valence-corrected chi connectivity index (χ3v) is 4.59. The zero-order valence-corrected chi connectivity index (χ0v) is 14.6. The maximum Gasteiger partial charge on any atom is 0.412 e. The van der Waals surface area contributed by atoms with Crippen LogP contribution in [0.1, 0.15) is 39.2 Å². The quantitative estimate of drug-likeness (QED) is 0.794. The summed E-state index contributed by atoms with van der Waals surface area (Å²) in [6.45, 7) is 7.65. The number of nitrogens with one attached hydrogen (secondary N) is 2. The normalized spacial score (nSPS) is 19.8. The average molecular weight is 331 g/mol. The molecule has 1 amide bonds. The van der Waals surface area contributed by atoms with Gasteiger partial charge in [0.1, 0.15) is 5.60 Å². The summed E-state index contributed by atoms with van der Waals surface area (Å²) in [6, 6.07) is 5.81. The molecule has 0 radical (unpaired) electrons. The minimum atomic E-state index is -0.531. The molecule has 0 saturated carbocycles. The average Bonchev–Trinajstić information content (AvgIpc) is 2.78. The maximum atomic E-state index is 11.9. The minimum absolute atomic E-state index is 0.304. The minimum Gasteiger partial charge on any atom is -0.444 e. The number of nitrogens with zero attached hydrogens (tertiary/aromatic N) is 1. The van der Waals surface area contributed by atoms with Gasteiger partial charge >= 0.3 is 6.09 Å². The first-order chi connectivity index (χ1) is 10.7. The lowest BCUT2D eigenvalue weighted by Gasteiger charge is -2.30. The second-order valence-electron chi connectivity index (χ2n) is 6.78. The lowest BCUT2D eigenvalue weighted by Crippen LogP contribution is -2.28. The van der Waals surface area contributed by atoms with Crippen molar-refractivity contribution >= 4 is 34.4 Å². The molecule has 0 bridgehead atoms. The smallest absolute Gasteiger partial charge is 0.412 e. The summed E-state index contributed by atoms with van der Waals surface area (Å²) in [5.74, 6) is 1.13. The van der Waals surface area contributed by atoms with E-state index < -0.39 is 11.7 Å². The van der Waals surface area contributed by atoms with Crippen LogP contribution in [0.3, 0.4) is 0 Å². The standard InChI is InChI=1S/C17H21N3O2S/c1-10-7-12-9-23-15(18)20(12)14-8-11(5-6-13(10)14)19-16(21)22-17(2,3)4/h5-8,10,18H,9H2,1-4H3,(H,19,21). The van der Waals surface area contributed by atoms with Crippen molar-refractivity contribution in [3.63, 3.8) is 0 Å². The van der Waals surface area contributed by atoms with Crippen molar-refractivity contribution in [3.05, 3.63) is 35.5 Å². The number of anilines is 2. The highest BCUT2D eigenvalue weighted by molar-refractivity contribution is 8.14. The molecule has 3 rings (SSSR count). The van der Waals surface area contributed by atoms with Crippen LogP contribution >= 0.6 is 11.8 Å². The second-order valence-corrected chi connectivity index (χ2v) is 7.74. The number of allylic oxidation sites excluding steroid dienone is 1. The molecule has 0 aliphatic carbocycles. The topological polar surface area (TPSA) is 65.4 Å². The number of ether oxygens (including phenoxy) is 1. The van der Waals surface area contributed by atoms with Crippen molar-refractivity contribution in [1.82, 2.24) is 0 Å². The SMILES string of the molecule is CC1C=C2CSC(=N)N2c2cc(NC(=O)OC(C)(C)C)ccc21. The zero-order chi connectivity index (χ0) is 16.8. The first-order valence-electron chi connectivity index (χ1n) is 7.61. The van der Waals surface area contributed by atoms with Crippen LogP contribution in [0.5, 0.6) is 0 Å². The van der Waals surface area contributed by atoms with Gasteiger partial charge in [-0.05, 0) is 38.5 Å². The Morgan fingerprint density at radius 2 is 2.17 bits per heavy atom. The van der Waals surface area contributed by atoms with Crippen molar-refractivity contribution in [2.24, 2.45) is 0 Å². The molecule has 1 aromatic rings. The van der Waals surface area contributed by atoms with Crippen molar-refractivity contribution in [1.29, 1.82) is 5.41 Å². The summed E-state index contributed by atoms with van der Waals surface area (Å²) in [5.41, 5.74) is 3.43. The largest absolute Gasteiger partial charge is 0.444 e. The summed E-state index contributed by atoms with van der Waals surface area (Å²) in [7, 11) is 0. The number of fused-ring (bicyclic) bond motifs is 3. The summed E-state index contributed by atoms with van der Waals surface area (Å²) >= 11 is 1.52. The van der Waals surface area contributed by atoms with Crippen LogP contribution in [0, 0.1) is 5.41 Å². The number of amides is 1. The van der Waals surface area contributed by atoms with Gasteiger partial charge in [-0.2, -0.15) is 0 Å². The fraction of sp³-hybridized carbons (Fsp3) is 0.412. The molecule has 1 unspecified atom stereocenters. The number of thioether (sulfide) groups is 1. The van der Waals surface area contributed by atoms with Crippen LogP contribution in [-0.2, 0) is 4.74 Å². The molecule has 2 aliphatic heterocycles. The zero-order valence-electron chi connectivity index (χ0n) is 13.8. The van der Waals surface area contributed by atoms with E-state index in [4.69, 9.17) is 10.1 Å². The molecular weight excluding hydrogens is 310 g/mol. The molecule has 0 spiro atoms. The Morgan fingerprint density at radius 1 is 1.43 bits per heavy atom. The van der Waals surface area contributed by atoms with E-state index in [2.05, 4.69) is 18.3 Å². The van der Waals surface area contributed by atoms with Gasteiger partial charge in [0.2, 0.25) is 0 Å². The highest BCUT2D eigenvalue weighted by atomic mass is 32.2. The van der Waals surface area contributed by atoms with Gasteiger partial charge in [-0.25, -0.2) is 4.79 Å². The van der Waals surface area contributed by atoms with Gasteiger partial charge in [-0.1, -0.05) is 30.8 Å². The molecule has 2 heterocycles. The predicted octanol–water partition coefficient (Wildman–Crippen LogP) is 4.52. The summed E-state index contributed by atoms with van der Waals surface area (Å²) in [4.78, 5) is 13.9. The van der Waals surface area contributed by atoms with Crippen LogP contribution in [0.2, 0.25) is 0 Å². The van der Waals surface area contributed by atoms with E-state index in [9.17, 15) is 4.79 Å². The molecule has 2 aliphatic rings. The Morgan fingerprint density at radius 3 is 2.87 bits per heavy atom. The lowest BCUT2D eigenvalue weighted by molar-refractivity contribution is 0.0636. The van der Waals surface area contributed by atoms with E-state index in [1.165, 1.54) is 11.8 Å². The number of carbonyl (C=O) groups excluding carboxylic acids is 1. The van der Waals surface area contributed by atoms with Gasteiger partial charge in [-0.3, -0.25) is 15.6 Å². The number of amidine groups is 1. The van der Waals surface area contributed by atoms with Crippen molar-refractivity contribution in [3.8, 4) is 0 Å². The molecule has 1 aromatic carbocycles. The van der Waals surface area contributed by atoms with Crippen molar-refractivity contribution in [2.45, 2.75) is 39.2 Å². The second kappa shape index (κ2) is 5.60. The fourth-order valence-corrected chi connectivity index (χ4v) is 3.64. The Bertz CT molecular complexity index is 706.